The number of aromatic nitrogens is 1. The molecule has 0 bridgehead atoms. The number of nitrogens with zero attached hydrogens (tertiary/aromatic N) is 1. The van der Waals surface area contributed by atoms with Crippen LogP contribution in [0, 0.1) is 5.82 Å². The summed E-state index contributed by atoms with van der Waals surface area (Å²) in [6.45, 7) is 0. The van der Waals surface area contributed by atoms with Gasteiger partial charge in [-0.3, -0.25) is 20.4 Å². The fourth-order valence-electron chi connectivity index (χ4n) is 2.73. The minimum absolute atomic E-state index is 0.0644. The number of nitrogens with one attached hydrogen (secondary N) is 2. The predicted octanol–water partition coefficient (Wildman–Crippen LogP) is 4.68. The Morgan fingerprint density at radius 1 is 0.900 bits per heavy atom. The zero-order valence-electron chi connectivity index (χ0n) is 15.6. The van der Waals surface area contributed by atoms with E-state index in [-0.39, 0.29) is 18.1 Å². The SMILES string of the molecule is O=C(Cc1csc(-c2ccccc2)n1)NNC(=O)c1ccc(-c2ccc(F)cc2)s1. The van der Waals surface area contributed by atoms with Crippen molar-refractivity contribution in [3.8, 4) is 21.0 Å². The lowest BCUT2D eigenvalue weighted by molar-refractivity contribution is -0.121. The van der Waals surface area contributed by atoms with Gasteiger partial charge in [-0.1, -0.05) is 42.5 Å². The highest BCUT2D eigenvalue weighted by molar-refractivity contribution is 7.17. The minimum atomic E-state index is -0.412. The second-order valence-electron chi connectivity index (χ2n) is 6.36. The van der Waals surface area contributed by atoms with Gasteiger partial charge in [0.05, 0.1) is 17.0 Å². The van der Waals surface area contributed by atoms with Crippen LogP contribution in [0.5, 0.6) is 0 Å². The Balaban J connectivity index is 1.31. The van der Waals surface area contributed by atoms with E-state index in [1.54, 1.807) is 24.3 Å². The van der Waals surface area contributed by atoms with Crippen molar-refractivity contribution in [2.24, 2.45) is 0 Å². The summed E-state index contributed by atoms with van der Waals surface area (Å²) in [4.78, 5) is 30.2. The molecule has 2 aromatic heterocycles. The van der Waals surface area contributed by atoms with Crippen LogP contribution in [0.1, 0.15) is 15.4 Å². The number of rotatable bonds is 5. The van der Waals surface area contributed by atoms with E-state index < -0.39 is 5.91 Å². The average Bonchev–Trinajstić information content (AvgIpc) is 3.43. The lowest BCUT2D eigenvalue weighted by atomic mass is 10.2. The van der Waals surface area contributed by atoms with Crippen LogP contribution < -0.4 is 10.9 Å². The van der Waals surface area contributed by atoms with Gasteiger partial charge < -0.3 is 0 Å². The second kappa shape index (κ2) is 8.98. The third kappa shape index (κ3) is 4.79. The molecule has 0 aliphatic heterocycles. The molecule has 4 aromatic rings. The molecule has 30 heavy (non-hydrogen) atoms. The molecule has 0 spiro atoms. The van der Waals surface area contributed by atoms with Gasteiger partial charge in [0.1, 0.15) is 10.8 Å². The molecule has 150 valence electrons. The fraction of sp³-hybridized carbons (Fsp3) is 0.0455. The first-order valence-electron chi connectivity index (χ1n) is 9.03. The molecule has 5 nitrogen and oxygen atoms in total. The molecule has 8 heteroatoms. The maximum atomic E-state index is 13.1. The van der Waals surface area contributed by atoms with Crippen molar-refractivity contribution in [1.29, 1.82) is 0 Å². The first-order chi connectivity index (χ1) is 14.6. The van der Waals surface area contributed by atoms with Gasteiger partial charge in [-0.05, 0) is 29.8 Å². The standard InChI is InChI=1S/C22H16FN3O2S2/c23-16-8-6-14(7-9-16)18-10-11-19(30-18)21(28)26-25-20(27)12-17-13-29-22(24-17)15-4-2-1-3-5-15/h1-11,13H,12H2,(H,25,27)(H,26,28). The lowest BCUT2D eigenvalue weighted by Crippen LogP contribution is -2.42. The van der Waals surface area contributed by atoms with Crippen molar-refractivity contribution < 1.29 is 14.0 Å². The van der Waals surface area contributed by atoms with Crippen LogP contribution in [0.25, 0.3) is 21.0 Å². The molecular weight excluding hydrogens is 421 g/mol. The average molecular weight is 438 g/mol. The first-order valence-corrected chi connectivity index (χ1v) is 10.7. The lowest BCUT2D eigenvalue weighted by Gasteiger charge is -2.05. The molecule has 2 amide bonds. The van der Waals surface area contributed by atoms with Crippen LogP contribution in [0.4, 0.5) is 4.39 Å². The Morgan fingerprint density at radius 2 is 1.67 bits per heavy atom. The van der Waals surface area contributed by atoms with Crippen LogP contribution in [-0.2, 0) is 11.2 Å². The summed E-state index contributed by atoms with van der Waals surface area (Å²) in [7, 11) is 0. The summed E-state index contributed by atoms with van der Waals surface area (Å²) in [5.74, 6) is -1.08. The molecule has 0 radical (unpaired) electrons. The third-order valence-corrected chi connectivity index (χ3v) is 6.26. The van der Waals surface area contributed by atoms with E-state index in [2.05, 4.69) is 15.8 Å². The van der Waals surface area contributed by atoms with Gasteiger partial charge in [0.25, 0.3) is 5.91 Å². The minimum Gasteiger partial charge on any atom is -0.273 e. The van der Waals surface area contributed by atoms with E-state index in [0.29, 0.717) is 10.6 Å². The number of hydrogen-bond acceptors (Lipinski definition) is 5. The zero-order chi connectivity index (χ0) is 20.9. The van der Waals surface area contributed by atoms with Crippen LogP contribution in [0.3, 0.4) is 0 Å². The van der Waals surface area contributed by atoms with Gasteiger partial charge in [0, 0.05) is 15.8 Å². The number of thiazole rings is 1. The molecule has 0 aliphatic carbocycles. The predicted molar refractivity (Wildman–Crippen MR) is 117 cm³/mol. The number of carbonyl (C=O) groups is 2. The Morgan fingerprint density at radius 3 is 2.43 bits per heavy atom. The maximum absolute atomic E-state index is 13.1. The van der Waals surface area contributed by atoms with E-state index in [4.69, 9.17) is 0 Å². The number of thiophene rings is 1. The fourth-order valence-corrected chi connectivity index (χ4v) is 4.46. The van der Waals surface area contributed by atoms with Crippen molar-refractivity contribution in [3.05, 3.63) is 88.5 Å². The molecule has 0 fully saturated rings. The molecule has 0 aliphatic rings. The number of carbonyl (C=O) groups excluding carboxylic acids is 2. The zero-order valence-corrected chi connectivity index (χ0v) is 17.2. The van der Waals surface area contributed by atoms with Crippen molar-refractivity contribution in [1.82, 2.24) is 15.8 Å². The van der Waals surface area contributed by atoms with Gasteiger partial charge in [-0.15, -0.1) is 22.7 Å². The molecule has 4 rings (SSSR count). The summed E-state index contributed by atoms with van der Waals surface area (Å²) >= 11 is 2.73. The number of hydrazine groups is 1. The summed E-state index contributed by atoms with van der Waals surface area (Å²) in [6.07, 6.45) is 0.0644. The van der Waals surface area contributed by atoms with E-state index in [1.807, 2.05) is 35.7 Å². The van der Waals surface area contributed by atoms with E-state index >= 15 is 0 Å². The quantitative estimate of drug-likeness (QED) is 0.445. The van der Waals surface area contributed by atoms with Crippen molar-refractivity contribution in [3.63, 3.8) is 0 Å². The van der Waals surface area contributed by atoms with Gasteiger partial charge in [0.15, 0.2) is 0 Å². The van der Waals surface area contributed by atoms with Gasteiger partial charge in [0.2, 0.25) is 5.91 Å². The van der Waals surface area contributed by atoms with Crippen LogP contribution in [-0.4, -0.2) is 16.8 Å². The van der Waals surface area contributed by atoms with Crippen LogP contribution >= 0.6 is 22.7 Å². The molecule has 0 saturated heterocycles. The molecular formula is C22H16FN3O2S2. The second-order valence-corrected chi connectivity index (χ2v) is 8.30. The van der Waals surface area contributed by atoms with Gasteiger partial charge in [-0.2, -0.15) is 0 Å². The Hall–Kier alpha value is -3.36. The normalized spacial score (nSPS) is 10.6. The monoisotopic (exact) mass is 437 g/mol. The Kier molecular flexibility index (Phi) is 5.97. The van der Waals surface area contributed by atoms with Crippen molar-refractivity contribution in [2.45, 2.75) is 6.42 Å². The van der Waals surface area contributed by atoms with Crippen molar-refractivity contribution >= 4 is 34.5 Å². The van der Waals surface area contributed by atoms with Crippen LogP contribution in [0.2, 0.25) is 0 Å². The van der Waals surface area contributed by atoms with Gasteiger partial charge in [-0.25, -0.2) is 9.37 Å². The third-order valence-electron chi connectivity index (χ3n) is 4.19. The smallest absolute Gasteiger partial charge is 0.273 e. The molecule has 0 unspecified atom stereocenters. The summed E-state index contributed by atoms with van der Waals surface area (Å²) in [5.41, 5.74) is 7.30. The Bertz CT molecular complexity index is 1170. The van der Waals surface area contributed by atoms with Gasteiger partial charge >= 0.3 is 0 Å². The topological polar surface area (TPSA) is 71.1 Å². The highest BCUT2D eigenvalue weighted by atomic mass is 32.1. The number of hydrogen-bond donors (Lipinski definition) is 2. The molecule has 0 atom stereocenters. The number of amides is 2. The summed E-state index contributed by atoms with van der Waals surface area (Å²) in [5, 5.41) is 2.67. The number of benzene rings is 2. The largest absolute Gasteiger partial charge is 0.279 e. The highest BCUT2D eigenvalue weighted by Gasteiger charge is 2.13. The molecule has 0 saturated carbocycles. The number of halogens is 1. The molecule has 2 N–H and O–H groups in total. The molecule has 2 aromatic carbocycles. The first kappa shape index (κ1) is 19.9. The Labute approximate surface area is 180 Å². The van der Waals surface area contributed by atoms with E-state index in [1.165, 1.54) is 34.8 Å². The summed E-state index contributed by atoms with van der Waals surface area (Å²) in [6, 6.07) is 19.2. The van der Waals surface area contributed by atoms with Crippen LogP contribution in [0.15, 0.2) is 72.1 Å². The van der Waals surface area contributed by atoms with E-state index in [0.717, 1.165) is 21.0 Å². The molecule has 2 heterocycles. The maximum Gasteiger partial charge on any atom is 0.279 e. The van der Waals surface area contributed by atoms with Crippen molar-refractivity contribution in [2.75, 3.05) is 0 Å². The summed E-state index contributed by atoms with van der Waals surface area (Å²) < 4.78 is 13.1. The highest BCUT2D eigenvalue weighted by Crippen LogP contribution is 2.28. The van der Waals surface area contributed by atoms with E-state index in [9.17, 15) is 14.0 Å².